The van der Waals surface area contributed by atoms with Gasteiger partial charge >= 0.3 is 5.97 Å². The Morgan fingerprint density at radius 1 is 1.39 bits per heavy atom. The molecule has 0 radical (unpaired) electrons. The fourth-order valence-corrected chi connectivity index (χ4v) is 2.76. The van der Waals surface area contributed by atoms with Crippen molar-refractivity contribution < 1.29 is 9.90 Å². The highest BCUT2D eigenvalue weighted by Crippen LogP contribution is 2.34. The lowest BCUT2D eigenvalue weighted by Crippen LogP contribution is -2.45. The Kier molecular flexibility index (Phi) is 5.60. The number of carbonyl (C=O) groups is 1. The Morgan fingerprint density at radius 2 is 2.06 bits per heavy atom. The van der Waals surface area contributed by atoms with Gasteiger partial charge in [-0.25, -0.2) is 0 Å². The van der Waals surface area contributed by atoms with Crippen molar-refractivity contribution in [1.29, 1.82) is 0 Å². The van der Waals surface area contributed by atoms with E-state index in [-0.39, 0.29) is 0 Å². The van der Waals surface area contributed by atoms with Crippen LogP contribution in [0.3, 0.4) is 0 Å². The van der Waals surface area contributed by atoms with Gasteiger partial charge in [-0.2, -0.15) is 0 Å². The zero-order valence-corrected chi connectivity index (χ0v) is 12.2. The molecule has 2 N–H and O–H groups in total. The second-order valence-corrected chi connectivity index (χ2v) is 6.47. The average molecular weight is 256 g/mol. The molecule has 18 heavy (non-hydrogen) atoms. The van der Waals surface area contributed by atoms with E-state index in [0.717, 1.165) is 19.0 Å². The van der Waals surface area contributed by atoms with Crippen molar-refractivity contribution in [2.45, 2.75) is 46.1 Å². The molecule has 0 bridgehead atoms. The van der Waals surface area contributed by atoms with Crippen LogP contribution in [0.2, 0.25) is 0 Å². The maximum Gasteiger partial charge on any atom is 0.322 e. The van der Waals surface area contributed by atoms with E-state index in [1.54, 1.807) is 7.05 Å². The van der Waals surface area contributed by atoms with Crippen molar-refractivity contribution in [2.75, 3.05) is 26.7 Å². The van der Waals surface area contributed by atoms with E-state index in [9.17, 15) is 4.79 Å². The molecular weight excluding hydrogens is 228 g/mol. The maximum absolute atomic E-state index is 11.0. The highest BCUT2D eigenvalue weighted by Gasteiger charge is 2.28. The van der Waals surface area contributed by atoms with E-state index >= 15 is 0 Å². The van der Waals surface area contributed by atoms with Crippen molar-refractivity contribution >= 4 is 5.97 Å². The van der Waals surface area contributed by atoms with Crippen LogP contribution >= 0.6 is 0 Å². The third kappa shape index (κ3) is 4.58. The van der Waals surface area contributed by atoms with E-state index in [1.807, 2.05) is 0 Å². The Labute approximate surface area is 111 Å². The molecule has 1 heterocycles. The van der Waals surface area contributed by atoms with Gasteiger partial charge in [0.15, 0.2) is 0 Å². The van der Waals surface area contributed by atoms with Gasteiger partial charge in [0.2, 0.25) is 0 Å². The van der Waals surface area contributed by atoms with Crippen LogP contribution < -0.4 is 5.32 Å². The summed E-state index contributed by atoms with van der Waals surface area (Å²) in [7, 11) is 1.72. The van der Waals surface area contributed by atoms with Gasteiger partial charge in [0, 0.05) is 6.54 Å². The lowest BCUT2D eigenvalue weighted by atomic mass is 9.77. The first-order chi connectivity index (χ1) is 8.34. The Bertz CT molecular complexity index is 273. The number of aliphatic carboxylic acids is 1. The van der Waals surface area contributed by atoms with E-state index in [2.05, 4.69) is 31.0 Å². The van der Waals surface area contributed by atoms with E-state index in [4.69, 9.17) is 5.11 Å². The van der Waals surface area contributed by atoms with Crippen molar-refractivity contribution in [3.63, 3.8) is 0 Å². The van der Waals surface area contributed by atoms with Crippen LogP contribution in [0.5, 0.6) is 0 Å². The van der Waals surface area contributed by atoms with Crippen LogP contribution in [-0.2, 0) is 4.79 Å². The number of hydrogen-bond acceptors (Lipinski definition) is 3. The van der Waals surface area contributed by atoms with Crippen LogP contribution in [0.25, 0.3) is 0 Å². The van der Waals surface area contributed by atoms with E-state index < -0.39 is 12.0 Å². The average Bonchev–Trinajstić information content (AvgIpc) is 2.49. The molecule has 0 aliphatic carbocycles. The molecule has 1 saturated heterocycles. The van der Waals surface area contributed by atoms with Gasteiger partial charge in [-0.1, -0.05) is 20.8 Å². The van der Waals surface area contributed by atoms with Gasteiger partial charge in [0.05, 0.1) is 0 Å². The molecule has 0 aromatic carbocycles. The Hall–Kier alpha value is -0.610. The summed E-state index contributed by atoms with van der Waals surface area (Å²) in [4.78, 5) is 13.3. The monoisotopic (exact) mass is 256 g/mol. The van der Waals surface area contributed by atoms with Crippen LogP contribution in [0.1, 0.15) is 40.0 Å². The molecule has 0 amide bonds. The minimum absolute atomic E-state index is 0.366. The summed E-state index contributed by atoms with van der Waals surface area (Å²) in [6.45, 7) is 9.58. The molecule has 1 fully saturated rings. The van der Waals surface area contributed by atoms with Crippen molar-refractivity contribution in [3.8, 4) is 0 Å². The number of nitrogens with one attached hydrogen (secondary N) is 1. The molecular formula is C14H28N2O2. The predicted molar refractivity (Wildman–Crippen MR) is 73.7 cm³/mol. The minimum Gasteiger partial charge on any atom is -0.480 e. The third-order valence-electron chi connectivity index (χ3n) is 4.13. The maximum atomic E-state index is 11.0. The van der Waals surface area contributed by atoms with Crippen LogP contribution in [0, 0.1) is 11.3 Å². The number of likely N-dealkylation sites (tertiary alicyclic amines) is 1. The molecule has 106 valence electrons. The topological polar surface area (TPSA) is 52.6 Å². The summed E-state index contributed by atoms with van der Waals surface area (Å²) in [5.74, 6) is -0.00511. The number of nitrogens with zero attached hydrogens (tertiary/aromatic N) is 1. The number of hydrogen-bond donors (Lipinski definition) is 2. The zero-order valence-electron chi connectivity index (χ0n) is 12.2. The fraction of sp³-hybridized carbons (Fsp3) is 0.929. The SMILES string of the molecule is CNC(CN1CCCC(C(C)(C)C)CC1)C(=O)O. The van der Waals surface area contributed by atoms with Crippen molar-refractivity contribution in [1.82, 2.24) is 10.2 Å². The van der Waals surface area contributed by atoms with Crippen LogP contribution in [-0.4, -0.2) is 48.7 Å². The highest BCUT2D eigenvalue weighted by molar-refractivity contribution is 5.73. The Morgan fingerprint density at radius 3 is 2.56 bits per heavy atom. The number of rotatable bonds is 4. The first-order valence-corrected chi connectivity index (χ1v) is 6.97. The standard InChI is InChI=1S/C14H28N2O2/c1-14(2,3)11-6-5-8-16(9-7-11)10-12(15-4)13(17)18/h11-12,15H,5-10H2,1-4H3,(H,17,18). The normalized spacial score (nSPS) is 24.6. The summed E-state index contributed by atoms with van der Waals surface area (Å²) in [6.07, 6.45) is 3.62. The molecule has 1 aliphatic heterocycles. The number of carboxylic acids is 1. The second-order valence-electron chi connectivity index (χ2n) is 6.47. The van der Waals surface area contributed by atoms with Gasteiger partial charge in [0.25, 0.3) is 0 Å². The molecule has 0 saturated carbocycles. The van der Waals surface area contributed by atoms with Gasteiger partial charge < -0.3 is 15.3 Å². The summed E-state index contributed by atoms with van der Waals surface area (Å²) < 4.78 is 0. The lowest BCUT2D eigenvalue weighted by Gasteiger charge is -2.30. The molecule has 0 aromatic rings. The summed E-state index contributed by atoms with van der Waals surface area (Å²) in [5.41, 5.74) is 0.366. The molecule has 1 aliphatic rings. The molecule has 2 unspecified atom stereocenters. The third-order valence-corrected chi connectivity index (χ3v) is 4.13. The summed E-state index contributed by atoms with van der Waals surface area (Å²) in [5, 5.41) is 11.9. The van der Waals surface area contributed by atoms with Gasteiger partial charge in [0.1, 0.15) is 6.04 Å². The molecule has 4 heteroatoms. The molecule has 4 nitrogen and oxygen atoms in total. The lowest BCUT2D eigenvalue weighted by molar-refractivity contribution is -0.139. The number of likely N-dealkylation sites (N-methyl/N-ethyl adjacent to an activating group) is 1. The van der Waals surface area contributed by atoms with Gasteiger partial charge in [-0.05, 0) is 50.7 Å². The molecule has 0 aromatic heterocycles. The summed E-state index contributed by atoms with van der Waals surface area (Å²) >= 11 is 0. The van der Waals surface area contributed by atoms with E-state index in [0.29, 0.717) is 12.0 Å². The number of carboxylic acid groups (broad SMARTS) is 1. The van der Waals surface area contributed by atoms with Crippen LogP contribution in [0.15, 0.2) is 0 Å². The highest BCUT2D eigenvalue weighted by atomic mass is 16.4. The minimum atomic E-state index is -0.755. The Balaban J connectivity index is 2.49. The second kappa shape index (κ2) is 6.53. The molecule has 2 atom stereocenters. The molecule has 0 spiro atoms. The van der Waals surface area contributed by atoms with Crippen molar-refractivity contribution in [3.05, 3.63) is 0 Å². The van der Waals surface area contributed by atoms with Crippen molar-refractivity contribution in [2.24, 2.45) is 11.3 Å². The largest absolute Gasteiger partial charge is 0.480 e. The molecule has 1 rings (SSSR count). The first kappa shape index (κ1) is 15.4. The van der Waals surface area contributed by atoms with Gasteiger partial charge in [-0.15, -0.1) is 0 Å². The zero-order chi connectivity index (χ0) is 13.8. The van der Waals surface area contributed by atoms with Crippen LogP contribution in [0.4, 0.5) is 0 Å². The fourth-order valence-electron chi connectivity index (χ4n) is 2.76. The van der Waals surface area contributed by atoms with E-state index in [1.165, 1.54) is 19.3 Å². The van der Waals surface area contributed by atoms with Gasteiger partial charge in [-0.3, -0.25) is 4.79 Å². The first-order valence-electron chi connectivity index (χ1n) is 6.97. The smallest absolute Gasteiger partial charge is 0.322 e. The predicted octanol–water partition coefficient (Wildman–Crippen LogP) is 1.81. The quantitative estimate of drug-likeness (QED) is 0.805. The summed E-state index contributed by atoms with van der Waals surface area (Å²) in [6, 6.07) is -0.448.